The second kappa shape index (κ2) is 9.63. The average Bonchev–Trinajstić information content (AvgIpc) is 2.65. The second-order valence-electron chi connectivity index (χ2n) is 6.02. The van der Waals surface area contributed by atoms with E-state index in [0.717, 1.165) is 16.7 Å². The number of aryl methyl sites for hydroxylation is 1. The first-order valence-corrected chi connectivity index (χ1v) is 8.35. The predicted octanol–water partition coefficient (Wildman–Crippen LogP) is 3.15. The van der Waals surface area contributed by atoms with Gasteiger partial charge < -0.3 is 5.11 Å². The molecule has 0 unspecified atom stereocenters. The number of nitrogens with one attached hydrogen (secondary N) is 1. The predicted molar refractivity (Wildman–Crippen MR) is 97.2 cm³/mol. The number of hydrogen-bond acceptors (Lipinski definition) is 3. The van der Waals surface area contributed by atoms with Crippen molar-refractivity contribution in [3.63, 3.8) is 0 Å². The number of amides is 1. The molecule has 130 valence electrons. The number of hydroxylamine groups is 1. The molecular weight excluding hydrogens is 314 g/mol. The number of aliphatic hydroxyl groups is 1. The summed E-state index contributed by atoms with van der Waals surface area (Å²) in [5.74, 6) is 5.94. The third-order valence-electron chi connectivity index (χ3n) is 4.11. The average molecular weight is 337 g/mol. The Labute approximate surface area is 148 Å². The van der Waals surface area contributed by atoms with Crippen LogP contribution in [0.5, 0.6) is 0 Å². The van der Waals surface area contributed by atoms with Crippen molar-refractivity contribution in [1.82, 2.24) is 5.48 Å². The van der Waals surface area contributed by atoms with Crippen LogP contribution in [0.1, 0.15) is 47.4 Å². The number of aliphatic hydroxyl groups excluding tert-OH is 1. The topological polar surface area (TPSA) is 69.6 Å². The summed E-state index contributed by atoms with van der Waals surface area (Å²) in [4.78, 5) is 11.2. The maximum Gasteiger partial charge on any atom is 0.243 e. The van der Waals surface area contributed by atoms with Gasteiger partial charge in [0.15, 0.2) is 0 Å². The number of carbonyl (C=O) groups is 1. The molecule has 1 amide bonds. The van der Waals surface area contributed by atoms with Crippen LogP contribution < -0.4 is 5.48 Å². The molecule has 4 nitrogen and oxygen atoms in total. The second-order valence-corrected chi connectivity index (χ2v) is 6.02. The highest BCUT2D eigenvalue weighted by Crippen LogP contribution is 2.25. The van der Waals surface area contributed by atoms with Gasteiger partial charge in [-0.3, -0.25) is 10.0 Å². The van der Waals surface area contributed by atoms with Gasteiger partial charge in [0.1, 0.15) is 0 Å². The molecule has 2 aromatic rings. The maximum atomic E-state index is 11.2. The molecule has 0 radical (unpaired) electrons. The minimum atomic E-state index is -0.413. The van der Waals surface area contributed by atoms with Crippen molar-refractivity contribution in [1.29, 1.82) is 0 Å². The van der Waals surface area contributed by atoms with E-state index in [2.05, 4.69) is 11.8 Å². The molecule has 4 heteroatoms. The van der Waals surface area contributed by atoms with Crippen molar-refractivity contribution in [3.05, 3.63) is 70.8 Å². The van der Waals surface area contributed by atoms with Gasteiger partial charge in [0.05, 0.1) is 0 Å². The lowest BCUT2D eigenvalue weighted by molar-refractivity contribution is -0.129. The molecule has 0 fully saturated rings. The zero-order valence-electron chi connectivity index (χ0n) is 14.3. The molecule has 1 atom stereocenters. The molecule has 0 bridgehead atoms. The van der Waals surface area contributed by atoms with E-state index in [9.17, 15) is 9.90 Å². The fourth-order valence-corrected chi connectivity index (χ4v) is 2.61. The first-order chi connectivity index (χ1) is 12.1. The quantitative estimate of drug-likeness (QED) is 0.431. The standard InChI is InChI=1S/C21H23NO3/c1-16-2-4-17(5-3-16)6-7-18-8-10-19(11-9-18)20(14-15-23)12-13-21(24)22-25/h2-5,8-11,20,23,25H,12-15H2,1H3,(H,22,24)/t20-/m1/s1. The zero-order valence-corrected chi connectivity index (χ0v) is 14.3. The maximum absolute atomic E-state index is 11.2. The third-order valence-corrected chi connectivity index (χ3v) is 4.11. The van der Waals surface area contributed by atoms with E-state index in [4.69, 9.17) is 5.21 Å². The molecule has 2 rings (SSSR count). The van der Waals surface area contributed by atoms with Crippen LogP contribution in [0.3, 0.4) is 0 Å². The third kappa shape index (κ3) is 6.07. The van der Waals surface area contributed by atoms with Gasteiger partial charge in [0.25, 0.3) is 0 Å². The molecule has 0 aliphatic heterocycles. The van der Waals surface area contributed by atoms with Crippen LogP contribution >= 0.6 is 0 Å². The van der Waals surface area contributed by atoms with E-state index < -0.39 is 5.91 Å². The van der Waals surface area contributed by atoms with E-state index in [0.29, 0.717) is 12.8 Å². The van der Waals surface area contributed by atoms with Crippen molar-refractivity contribution in [2.24, 2.45) is 0 Å². The summed E-state index contributed by atoms with van der Waals surface area (Å²) in [6, 6.07) is 15.9. The molecule has 0 aliphatic carbocycles. The van der Waals surface area contributed by atoms with Crippen molar-refractivity contribution < 1.29 is 15.1 Å². The van der Waals surface area contributed by atoms with Gasteiger partial charge in [-0.1, -0.05) is 41.7 Å². The number of carbonyl (C=O) groups excluding carboxylic acids is 1. The van der Waals surface area contributed by atoms with Crippen LogP contribution in [-0.4, -0.2) is 22.8 Å². The largest absolute Gasteiger partial charge is 0.396 e. The van der Waals surface area contributed by atoms with Crippen LogP contribution in [0, 0.1) is 18.8 Å². The molecule has 2 aromatic carbocycles. The molecule has 0 saturated carbocycles. The van der Waals surface area contributed by atoms with Crippen LogP contribution in [0.25, 0.3) is 0 Å². The van der Waals surface area contributed by atoms with Crippen LogP contribution in [-0.2, 0) is 4.79 Å². The summed E-state index contributed by atoms with van der Waals surface area (Å²) in [5.41, 5.74) is 5.79. The first-order valence-electron chi connectivity index (χ1n) is 8.35. The highest BCUT2D eigenvalue weighted by molar-refractivity contribution is 5.74. The van der Waals surface area contributed by atoms with Gasteiger partial charge >= 0.3 is 0 Å². The van der Waals surface area contributed by atoms with Crippen molar-refractivity contribution >= 4 is 5.91 Å². The summed E-state index contributed by atoms with van der Waals surface area (Å²) in [6.45, 7) is 2.10. The van der Waals surface area contributed by atoms with Crippen molar-refractivity contribution in [3.8, 4) is 11.8 Å². The Balaban J connectivity index is 2.06. The van der Waals surface area contributed by atoms with E-state index >= 15 is 0 Å². The Hall–Kier alpha value is -2.61. The summed E-state index contributed by atoms with van der Waals surface area (Å²) >= 11 is 0. The molecule has 0 aliphatic rings. The Kier molecular flexibility index (Phi) is 7.21. The lowest BCUT2D eigenvalue weighted by atomic mass is 9.91. The minimum Gasteiger partial charge on any atom is -0.396 e. The number of rotatable bonds is 6. The van der Waals surface area contributed by atoms with E-state index in [-0.39, 0.29) is 18.9 Å². The SMILES string of the molecule is Cc1ccc(C#Cc2ccc([C@@H](CCO)CCC(=O)NO)cc2)cc1. The van der Waals surface area contributed by atoms with E-state index in [1.165, 1.54) is 5.56 Å². The summed E-state index contributed by atoms with van der Waals surface area (Å²) in [5, 5.41) is 17.8. The van der Waals surface area contributed by atoms with Crippen molar-refractivity contribution in [2.75, 3.05) is 6.61 Å². The Morgan fingerprint density at radius 3 is 2.08 bits per heavy atom. The number of benzene rings is 2. The van der Waals surface area contributed by atoms with E-state index in [1.807, 2.05) is 55.5 Å². The molecule has 3 N–H and O–H groups in total. The Morgan fingerprint density at radius 1 is 1.00 bits per heavy atom. The van der Waals surface area contributed by atoms with Gasteiger partial charge in [-0.2, -0.15) is 0 Å². The highest BCUT2D eigenvalue weighted by Gasteiger charge is 2.13. The van der Waals surface area contributed by atoms with Gasteiger partial charge in [0.2, 0.25) is 5.91 Å². The monoisotopic (exact) mass is 337 g/mol. The normalized spacial score (nSPS) is 11.3. The zero-order chi connectivity index (χ0) is 18.1. The molecule has 0 heterocycles. The molecular formula is C21H23NO3. The van der Waals surface area contributed by atoms with Crippen LogP contribution in [0.2, 0.25) is 0 Å². The van der Waals surface area contributed by atoms with Gasteiger partial charge in [-0.05, 0) is 55.5 Å². The molecule has 25 heavy (non-hydrogen) atoms. The molecule has 0 aromatic heterocycles. The van der Waals surface area contributed by atoms with Gasteiger partial charge in [-0.15, -0.1) is 0 Å². The lowest BCUT2D eigenvalue weighted by Gasteiger charge is -2.15. The Bertz CT molecular complexity index is 739. The highest BCUT2D eigenvalue weighted by atomic mass is 16.5. The fourth-order valence-electron chi connectivity index (χ4n) is 2.61. The minimum absolute atomic E-state index is 0.0559. The van der Waals surface area contributed by atoms with Crippen LogP contribution in [0.15, 0.2) is 48.5 Å². The summed E-state index contributed by atoms with van der Waals surface area (Å²) in [7, 11) is 0. The Morgan fingerprint density at radius 2 is 1.56 bits per heavy atom. The van der Waals surface area contributed by atoms with Gasteiger partial charge in [-0.25, -0.2) is 5.48 Å². The smallest absolute Gasteiger partial charge is 0.243 e. The lowest BCUT2D eigenvalue weighted by Crippen LogP contribution is -2.19. The number of hydrogen-bond donors (Lipinski definition) is 3. The summed E-state index contributed by atoms with van der Waals surface area (Å²) < 4.78 is 0. The fraction of sp³-hybridized carbons (Fsp3) is 0.286. The molecule has 0 saturated heterocycles. The first kappa shape index (κ1) is 18.7. The van der Waals surface area contributed by atoms with Gasteiger partial charge in [0, 0.05) is 24.2 Å². The molecule has 0 spiro atoms. The van der Waals surface area contributed by atoms with E-state index in [1.54, 1.807) is 5.48 Å². The summed E-state index contributed by atoms with van der Waals surface area (Å²) in [6.07, 6.45) is 1.37. The van der Waals surface area contributed by atoms with Crippen molar-refractivity contribution in [2.45, 2.75) is 32.1 Å². The van der Waals surface area contributed by atoms with Crippen LogP contribution in [0.4, 0.5) is 0 Å².